The first-order valence-electron chi connectivity index (χ1n) is 8.11. The van der Waals surface area contributed by atoms with Crippen LogP contribution >= 0.6 is 34.8 Å². The van der Waals surface area contributed by atoms with Gasteiger partial charge in [-0.25, -0.2) is 13.4 Å². The summed E-state index contributed by atoms with van der Waals surface area (Å²) in [5.41, 5.74) is -1.72. The number of β-amino-alcohol motifs (C(OH)–C–C–N with tert-alkyl or cyclic N) is 1. The van der Waals surface area contributed by atoms with Gasteiger partial charge in [0.2, 0.25) is 10.0 Å². The zero-order valence-corrected chi connectivity index (χ0v) is 17.7. The van der Waals surface area contributed by atoms with E-state index in [2.05, 4.69) is 4.98 Å². The molecular weight excluding hydrogens is 465 g/mol. The van der Waals surface area contributed by atoms with Crippen LogP contribution in [0.4, 0.5) is 0 Å². The molecule has 154 valence electrons. The molecule has 2 aromatic rings. The highest BCUT2D eigenvalue weighted by molar-refractivity contribution is 7.89. The fraction of sp³-hybridized carbons (Fsp3) is 0.294. The van der Waals surface area contributed by atoms with Crippen LogP contribution in [0.2, 0.25) is 15.1 Å². The van der Waals surface area contributed by atoms with Crippen molar-refractivity contribution in [1.82, 2.24) is 9.29 Å². The Morgan fingerprint density at radius 2 is 1.97 bits per heavy atom. The van der Waals surface area contributed by atoms with E-state index >= 15 is 0 Å². The van der Waals surface area contributed by atoms with Crippen molar-refractivity contribution in [2.45, 2.75) is 16.6 Å². The maximum atomic E-state index is 13.1. The quantitative estimate of drug-likeness (QED) is 0.674. The van der Waals surface area contributed by atoms with Crippen LogP contribution in [-0.4, -0.2) is 59.3 Å². The lowest BCUT2D eigenvalue weighted by Crippen LogP contribution is -2.48. The van der Waals surface area contributed by atoms with Crippen LogP contribution in [0.3, 0.4) is 0 Å². The van der Waals surface area contributed by atoms with Crippen molar-refractivity contribution in [3.63, 3.8) is 0 Å². The number of aliphatic hydroxyl groups excluding tert-OH is 1. The maximum absolute atomic E-state index is 13.1. The van der Waals surface area contributed by atoms with E-state index in [0.29, 0.717) is 0 Å². The molecule has 0 unspecified atom stereocenters. The zero-order valence-electron chi connectivity index (χ0n) is 14.6. The van der Waals surface area contributed by atoms with E-state index in [0.717, 1.165) is 4.31 Å². The van der Waals surface area contributed by atoms with E-state index in [-0.39, 0.29) is 38.0 Å². The summed E-state index contributed by atoms with van der Waals surface area (Å²) in [6, 6.07) is 7.20. The van der Waals surface area contributed by atoms with E-state index in [1.165, 1.54) is 30.5 Å². The third kappa shape index (κ3) is 4.29. The lowest BCUT2D eigenvalue weighted by molar-refractivity contribution is -0.0641. The van der Waals surface area contributed by atoms with Gasteiger partial charge >= 0.3 is 0 Å². The number of aliphatic hydroxyl groups is 2. The van der Waals surface area contributed by atoms with Gasteiger partial charge in [0.15, 0.2) is 0 Å². The molecule has 12 heteroatoms. The highest BCUT2D eigenvalue weighted by Crippen LogP contribution is 2.37. The van der Waals surface area contributed by atoms with Crippen molar-refractivity contribution < 1.29 is 23.4 Å². The monoisotopic (exact) mass is 477 g/mol. The van der Waals surface area contributed by atoms with Crippen LogP contribution < -0.4 is 4.74 Å². The second kappa shape index (κ2) is 8.24. The van der Waals surface area contributed by atoms with Gasteiger partial charge in [-0.1, -0.05) is 34.8 Å². The van der Waals surface area contributed by atoms with Crippen molar-refractivity contribution in [3.05, 3.63) is 51.2 Å². The molecule has 0 amide bonds. The largest absolute Gasteiger partial charge is 0.484 e. The summed E-state index contributed by atoms with van der Waals surface area (Å²) in [4.78, 5) is 3.49. The van der Waals surface area contributed by atoms with Gasteiger partial charge in [0.05, 0.1) is 29.4 Å². The number of rotatable bonds is 5. The van der Waals surface area contributed by atoms with Gasteiger partial charge in [-0.2, -0.15) is 9.57 Å². The minimum absolute atomic E-state index is 0.164. The number of aromatic nitrogens is 1. The van der Waals surface area contributed by atoms with Gasteiger partial charge in [-0.3, -0.25) is 0 Å². The molecule has 8 nitrogen and oxygen atoms in total. The summed E-state index contributed by atoms with van der Waals surface area (Å²) in [7, 11) is -4.23. The molecular formula is C17H14Cl3N3O5S. The highest BCUT2D eigenvalue weighted by Gasteiger charge is 2.51. The highest BCUT2D eigenvalue weighted by atomic mass is 35.5. The second-order valence-electron chi connectivity index (χ2n) is 6.36. The molecule has 0 aliphatic carbocycles. The number of nitriles is 1. The van der Waals surface area contributed by atoms with Gasteiger partial charge in [0, 0.05) is 11.6 Å². The number of hydrogen-bond acceptors (Lipinski definition) is 7. The van der Waals surface area contributed by atoms with Crippen LogP contribution in [-0.2, 0) is 10.0 Å². The summed E-state index contributed by atoms with van der Waals surface area (Å²) >= 11 is 17.9. The van der Waals surface area contributed by atoms with Crippen LogP contribution in [0, 0.1) is 11.3 Å². The van der Waals surface area contributed by atoms with Gasteiger partial charge in [0.1, 0.15) is 34.1 Å². The molecule has 2 atom stereocenters. The average molecular weight is 479 g/mol. The van der Waals surface area contributed by atoms with Crippen molar-refractivity contribution in [1.29, 1.82) is 5.26 Å². The first kappa shape index (κ1) is 22.1. The van der Waals surface area contributed by atoms with Crippen molar-refractivity contribution >= 4 is 44.8 Å². The van der Waals surface area contributed by atoms with Crippen LogP contribution in [0.25, 0.3) is 0 Å². The molecule has 0 saturated carbocycles. The lowest BCUT2D eigenvalue weighted by atomic mass is 10.0. The SMILES string of the molecule is N#Cc1ccc(O[C@H]2CN(S(=O)(=O)c3c(Cl)cc(Cl)cc3Cl)C[C@@]2(O)CO)cn1. The normalized spacial score (nSPS) is 22.4. The van der Waals surface area contributed by atoms with Gasteiger partial charge in [0.25, 0.3) is 0 Å². The van der Waals surface area contributed by atoms with Gasteiger partial charge in [-0.05, 0) is 24.3 Å². The third-order valence-electron chi connectivity index (χ3n) is 4.38. The molecule has 0 radical (unpaired) electrons. The Labute approximate surface area is 181 Å². The molecule has 1 aliphatic heterocycles. The molecule has 1 saturated heterocycles. The number of hydrogen-bond donors (Lipinski definition) is 2. The minimum atomic E-state index is -4.23. The fourth-order valence-electron chi connectivity index (χ4n) is 2.89. The lowest BCUT2D eigenvalue weighted by Gasteiger charge is -2.26. The predicted octanol–water partition coefficient (Wildman–Crippen LogP) is 2.09. The standard InChI is InChI=1S/C17H14Cl3N3O5S/c18-10-3-13(19)16(14(20)4-10)29(26,27)23-7-15(17(25,8-23)9-24)28-12-2-1-11(5-21)22-6-12/h1-4,6,15,24-25H,7-9H2/t15-,17+/m0/s1. The first-order valence-corrected chi connectivity index (χ1v) is 10.7. The summed E-state index contributed by atoms with van der Waals surface area (Å²) < 4.78 is 32.7. The predicted molar refractivity (Wildman–Crippen MR) is 106 cm³/mol. The molecule has 1 aromatic carbocycles. The van der Waals surface area contributed by atoms with Crippen molar-refractivity contribution in [3.8, 4) is 11.8 Å². The van der Waals surface area contributed by atoms with E-state index < -0.39 is 34.9 Å². The molecule has 3 rings (SSSR count). The van der Waals surface area contributed by atoms with E-state index in [4.69, 9.17) is 44.8 Å². The van der Waals surface area contributed by atoms with E-state index in [9.17, 15) is 18.6 Å². The topological polar surface area (TPSA) is 124 Å². The molecule has 0 spiro atoms. The molecule has 2 heterocycles. The number of nitrogens with zero attached hydrogens (tertiary/aromatic N) is 3. The van der Waals surface area contributed by atoms with Crippen LogP contribution in [0.1, 0.15) is 5.69 Å². The van der Waals surface area contributed by atoms with E-state index in [1.54, 1.807) is 0 Å². The number of sulfonamides is 1. The summed E-state index contributed by atoms with van der Waals surface area (Å²) in [5, 5.41) is 29.0. The number of pyridine rings is 1. The first-order chi connectivity index (χ1) is 13.6. The molecule has 2 N–H and O–H groups in total. The fourth-order valence-corrected chi connectivity index (χ4v) is 5.89. The van der Waals surface area contributed by atoms with Crippen LogP contribution in [0.5, 0.6) is 5.75 Å². The Bertz CT molecular complexity index is 1050. The molecule has 1 aromatic heterocycles. The van der Waals surface area contributed by atoms with E-state index in [1.807, 2.05) is 6.07 Å². The summed E-state index contributed by atoms with van der Waals surface area (Å²) in [6.07, 6.45) is 0.155. The Kier molecular flexibility index (Phi) is 6.27. The Balaban J connectivity index is 1.91. The van der Waals surface area contributed by atoms with Gasteiger partial charge < -0.3 is 14.9 Å². The second-order valence-corrected chi connectivity index (χ2v) is 9.48. The van der Waals surface area contributed by atoms with Crippen molar-refractivity contribution in [2.24, 2.45) is 0 Å². The number of benzene rings is 1. The molecule has 1 fully saturated rings. The van der Waals surface area contributed by atoms with Crippen LogP contribution in [0.15, 0.2) is 35.4 Å². The summed E-state index contributed by atoms with van der Waals surface area (Å²) in [5.74, 6) is 0.197. The molecule has 29 heavy (non-hydrogen) atoms. The Hall–Kier alpha value is -1.64. The average Bonchev–Trinajstić information content (AvgIpc) is 2.99. The molecule has 0 bridgehead atoms. The maximum Gasteiger partial charge on any atom is 0.246 e. The van der Waals surface area contributed by atoms with Gasteiger partial charge in [-0.15, -0.1) is 0 Å². The summed E-state index contributed by atoms with van der Waals surface area (Å²) in [6.45, 7) is -1.49. The minimum Gasteiger partial charge on any atom is -0.484 e. The number of ether oxygens (including phenoxy) is 1. The van der Waals surface area contributed by atoms with Crippen molar-refractivity contribution in [2.75, 3.05) is 19.7 Å². The smallest absolute Gasteiger partial charge is 0.246 e. The Morgan fingerprint density at radius 3 is 2.48 bits per heavy atom. The molecule has 1 aliphatic rings. The third-order valence-corrected chi connectivity index (χ3v) is 7.34. The number of halogens is 3. The Morgan fingerprint density at radius 1 is 1.31 bits per heavy atom. The zero-order chi connectivity index (χ0) is 21.4.